The molecule has 0 spiro atoms. The molecule has 0 fully saturated rings. The molecular formula is C17H18ClNO. The Morgan fingerprint density at radius 2 is 1.90 bits per heavy atom. The number of hydrogen-bond donors (Lipinski definition) is 1. The summed E-state index contributed by atoms with van der Waals surface area (Å²) in [5.41, 5.74) is 3.47. The van der Waals surface area contributed by atoms with Crippen LogP contribution >= 0.6 is 11.6 Å². The van der Waals surface area contributed by atoms with Crippen molar-refractivity contribution < 1.29 is 4.74 Å². The highest BCUT2D eigenvalue weighted by Gasteiger charge is 2.32. The standard InChI is InChI=1S/C17H18ClNO/c1-3-19-16-11(2)20-17-14(16)9-13(10-15(17)18)12-7-5-4-6-8-12/h4-11,16,19H,3H2,1-2H3. The fourth-order valence-corrected chi connectivity index (χ4v) is 3.04. The SMILES string of the molecule is CCNC1c2cc(-c3ccccc3)cc(Cl)c2OC1C. The molecule has 2 aromatic carbocycles. The summed E-state index contributed by atoms with van der Waals surface area (Å²) < 4.78 is 5.90. The lowest BCUT2D eigenvalue weighted by molar-refractivity contribution is 0.211. The van der Waals surface area contributed by atoms with Crippen LogP contribution in [0, 0.1) is 0 Å². The highest BCUT2D eigenvalue weighted by molar-refractivity contribution is 6.32. The average molecular weight is 288 g/mol. The van der Waals surface area contributed by atoms with E-state index in [1.54, 1.807) is 0 Å². The first-order valence-corrected chi connectivity index (χ1v) is 7.37. The lowest BCUT2D eigenvalue weighted by atomic mass is 9.98. The fourth-order valence-electron chi connectivity index (χ4n) is 2.77. The van der Waals surface area contributed by atoms with E-state index in [1.165, 1.54) is 5.56 Å². The largest absolute Gasteiger partial charge is 0.487 e. The van der Waals surface area contributed by atoms with Crippen molar-refractivity contribution in [2.24, 2.45) is 0 Å². The van der Waals surface area contributed by atoms with Gasteiger partial charge in [0.1, 0.15) is 11.9 Å². The van der Waals surface area contributed by atoms with Crippen LogP contribution in [-0.4, -0.2) is 12.6 Å². The number of rotatable bonds is 3. The first-order chi connectivity index (χ1) is 9.70. The number of hydrogen-bond acceptors (Lipinski definition) is 2. The van der Waals surface area contributed by atoms with Gasteiger partial charge < -0.3 is 10.1 Å². The first-order valence-electron chi connectivity index (χ1n) is 6.99. The van der Waals surface area contributed by atoms with Crippen LogP contribution in [0.1, 0.15) is 25.5 Å². The Balaban J connectivity index is 2.08. The highest BCUT2D eigenvalue weighted by Crippen LogP contribution is 2.44. The van der Waals surface area contributed by atoms with E-state index in [4.69, 9.17) is 16.3 Å². The maximum atomic E-state index is 6.40. The van der Waals surface area contributed by atoms with Crippen molar-refractivity contribution in [1.82, 2.24) is 5.32 Å². The smallest absolute Gasteiger partial charge is 0.143 e. The molecule has 0 bridgehead atoms. The Hall–Kier alpha value is -1.51. The molecule has 2 atom stereocenters. The molecule has 2 nitrogen and oxygen atoms in total. The second-order valence-corrected chi connectivity index (χ2v) is 5.51. The summed E-state index contributed by atoms with van der Waals surface area (Å²) in [5.74, 6) is 0.824. The predicted molar refractivity (Wildman–Crippen MR) is 83.4 cm³/mol. The van der Waals surface area contributed by atoms with Gasteiger partial charge >= 0.3 is 0 Å². The summed E-state index contributed by atoms with van der Waals surface area (Å²) in [4.78, 5) is 0. The lowest BCUT2D eigenvalue weighted by Crippen LogP contribution is -2.28. The van der Waals surface area contributed by atoms with Crippen molar-refractivity contribution in [3.05, 3.63) is 53.1 Å². The van der Waals surface area contributed by atoms with E-state index in [9.17, 15) is 0 Å². The van der Waals surface area contributed by atoms with Crippen molar-refractivity contribution in [2.45, 2.75) is 26.0 Å². The molecule has 0 amide bonds. The molecule has 0 aromatic heterocycles. The van der Waals surface area contributed by atoms with Crippen molar-refractivity contribution in [2.75, 3.05) is 6.54 Å². The monoisotopic (exact) mass is 287 g/mol. The summed E-state index contributed by atoms with van der Waals surface area (Å²) >= 11 is 6.40. The minimum Gasteiger partial charge on any atom is -0.487 e. The third kappa shape index (κ3) is 2.30. The fraction of sp³-hybridized carbons (Fsp3) is 0.294. The van der Waals surface area contributed by atoms with Crippen LogP contribution in [0.5, 0.6) is 5.75 Å². The number of likely N-dealkylation sites (N-methyl/N-ethyl adjacent to an activating group) is 1. The Morgan fingerprint density at radius 1 is 1.15 bits per heavy atom. The molecule has 1 N–H and O–H groups in total. The molecule has 20 heavy (non-hydrogen) atoms. The normalized spacial score (nSPS) is 20.6. The van der Waals surface area contributed by atoms with Crippen LogP contribution < -0.4 is 10.1 Å². The molecular weight excluding hydrogens is 270 g/mol. The Kier molecular flexibility index (Phi) is 3.68. The summed E-state index contributed by atoms with van der Waals surface area (Å²) in [6.45, 7) is 5.09. The van der Waals surface area contributed by atoms with Crippen molar-refractivity contribution in [3.63, 3.8) is 0 Å². The number of halogens is 1. The van der Waals surface area contributed by atoms with E-state index in [-0.39, 0.29) is 12.1 Å². The molecule has 1 aliphatic heterocycles. The molecule has 3 rings (SSSR count). The maximum Gasteiger partial charge on any atom is 0.143 e. The zero-order valence-corrected chi connectivity index (χ0v) is 12.4. The molecule has 104 valence electrons. The van der Waals surface area contributed by atoms with Crippen LogP contribution in [-0.2, 0) is 0 Å². The van der Waals surface area contributed by atoms with Gasteiger partial charge in [0.05, 0.1) is 11.1 Å². The Bertz CT molecular complexity index is 612. The van der Waals surface area contributed by atoms with Crippen LogP contribution in [0.3, 0.4) is 0 Å². The molecule has 2 unspecified atom stereocenters. The van der Waals surface area contributed by atoms with Gasteiger partial charge in [0.25, 0.3) is 0 Å². The summed E-state index contributed by atoms with van der Waals surface area (Å²) in [7, 11) is 0. The first kappa shape index (κ1) is 13.5. The molecule has 1 aliphatic rings. The van der Waals surface area contributed by atoms with Crippen molar-refractivity contribution in [3.8, 4) is 16.9 Å². The van der Waals surface area contributed by atoms with Gasteiger partial charge in [-0.3, -0.25) is 0 Å². The minimum absolute atomic E-state index is 0.105. The Labute approximate surface area is 124 Å². The topological polar surface area (TPSA) is 21.3 Å². The maximum absolute atomic E-state index is 6.40. The number of benzene rings is 2. The second kappa shape index (κ2) is 5.47. The van der Waals surface area contributed by atoms with Gasteiger partial charge in [0.2, 0.25) is 0 Å². The number of fused-ring (bicyclic) bond motifs is 1. The van der Waals surface area contributed by atoms with Crippen LogP contribution in [0.4, 0.5) is 0 Å². The number of ether oxygens (including phenoxy) is 1. The quantitative estimate of drug-likeness (QED) is 0.901. The van der Waals surface area contributed by atoms with E-state index in [0.29, 0.717) is 5.02 Å². The van der Waals surface area contributed by atoms with E-state index in [1.807, 2.05) is 24.3 Å². The van der Waals surface area contributed by atoms with Crippen molar-refractivity contribution in [1.29, 1.82) is 0 Å². The van der Waals surface area contributed by atoms with Crippen LogP contribution in [0.2, 0.25) is 5.02 Å². The van der Waals surface area contributed by atoms with Gasteiger partial charge in [0, 0.05) is 5.56 Å². The molecule has 2 aromatic rings. The van der Waals surface area contributed by atoms with Gasteiger partial charge in [-0.1, -0.05) is 48.9 Å². The lowest BCUT2D eigenvalue weighted by Gasteiger charge is -2.15. The molecule has 0 aliphatic carbocycles. The zero-order valence-electron chi connectivity index (χ0n) is 11.7. The van der Waals surface area contributed by atoms with Gasteiger partial charge in [-0.15, -0.1) is 0 Å². The van der Waals surface area contributed by atoms with Gasteiger partial charge in [-0.25, -0.2) is 0 Å². The third-order valence-electron chi connectivity index (χ3n) is 3.71. The van der Waals surface area contributed by atoms with E-state index < -0.39 is 0 Å². The second-order valence-electron chi connectivity index (χ2n) is 5.10. The predicted octanol–water partition coefficient (Wildman–Crippen LogP) is 4.44. The van der Waals surface area contributed by atoms with E-state index in [0.717, 1.165) is 23.4 Å². The minimum atomic E-state index is 0.105. The highest BCUT2D eigenvalue weighted by atomic mass is 35.5. The van der Waals surface area contributed by atoms with Gasteiger partial charge in [0.15, 0.2) is 0 Å². The van der Waals surface area contributed by atoms with Crippen LogP contribution in [0.15, 0.2) is 42.5 Å². The molecule has 3 heteroatoms. The van der Waals surface area contributed by atoms with Gasteiger partial charge in [-0.2, -0.15) is 0 Å². The average Bonchev–Trinajstić information content (AvgIpc) is 2.78. The van der Waals surface area contributed by atoms with Crippen molar-refractivity contribution >= 4 is 11.6 Å². The zero-order chi connectivity index (χ0) is 14.1. The summed E-state index contributed by atoms with van der Waals surface area (Å²) in [6.07, 6.45) is 0.105. The third-order valence-corrected chi connectivity index (χ3v) is 3.99. The van der Waals surface area contributed by atoms with E-state index in [2.05, 4.69) is 37.4 Å². The molecule has 0 radical (unpaired) electrons. The molecule has 0 saturated carbocycles. The molecule has 1 heterocycles. The van der Waals surface area contributed by atoms with Crippen LogP contribution in [0.25, 0.3) is 11.1 Å². The number of nitrogens with one attached hydrogen (secondary N) is 1. The van der Waals surface area contributed by atoms with Gasteiger partial charge in [-0.05, 0) is 36.7 Å². The summed E-state index contributed by atoms with van der Waals surface area (Å²) in [6, 6.07) is 14.7. The summed E-state index contributed by atoms with van der Waals surface area (Å²) in [5, 5.41) is 4.16. The molecule has 0 saturated heterocycles. The Morgan fingerprint density at radius 3 is 2.60 bits per heavy atom. The van der Waals surface area contributed by atoms with E-state index >= 15 is 0 Å².